The van der Waals surface area contributed by atoms with Gasteiger partial charge in [-0.15, -0.1) is 0 Å². The van der Waals surface area contributed by atoms with Crippen LogP contribution < -0.4 is 15.4 Å². The number of benzene rings is 1. The van der Waals surface area contributed by atoms with Crippen molar-refractivity contribution < 1.29 is 9.53 Å². The van der Waals surface area contributed by atoms with Crippen molar-refractivity contribution in [3.63, 3.8) is 0 Å². The van der Waals surface area contributed by atoms with Crippen molar-refractivity contribution in [3.05, 3.63) is 41.1 Å². The van der Waals surface area contributed by atoms with Gasteiger partial charge in [0.05, 0.1) is 5.69 Å². The Morgan fingerprint density at radius 2 is 2.08 bits per heavy atom. The van der Waals surface area contributed by atoms with Crippen LogP contribution in [0, 0.1) is 0 Å². The van der Waals surface area contributed by atoms with Crippen LogP contribution in [0.2, 0.25) is 0 Å². The number of rotatable bonds is 5. The maximum Gasteiger partial charge on any atom is 0.266 e. The Morgan fingerprint density at radius 1 is 1.32 bits per heavy atom. The molecule has 3 rings (SSSR count). The van der Waals surface area contributed by atoms with E-state index in [2.05, 4.69) is 29.6 Å². The maximum absolute atomic E-state index is 12.6. The van der Waals surface area contributed by atoms with Gasteiger partial charge in [-0.3, -0.25) is 9.48 Å². The smallest absolute Gasteiger partial charge is 0.266 e. The van der Waals surface area contributed by atoms with Gasteiger partial charge in [-0.25, -0.2) is 0 Å². The average Bonchev–Trinajstić information content (AvgIpc) is 2.91. The van der Waals surface area contributed by atoms with Crippen molar-refractivity contribution in [2.45, 2.75) is 45.8 Å². The summed E-state index contributed by atoms with van der Waals surface area (Å²) < 4.78 is 7.68. The van der Waals surface area contributed by atoms with E-state index in [0.717, 1.165) is 47.9 Å². The predicted molar refractivity (Wildman–Crippen MR) is 97.9 cm³/mol. The van der Waals surface area contributed by atoms with Crippen molar-refractivity contribution in [2.24, 2.45) is 7.05 Å². The highest BCUT2D eigenvalue weighted by Crippen LogP contribution is 2.27. The van der Waals surface area contributed by atoms with Crippen molar-refractivity contribution in [1.82, 2.24) is 15.1 Å². The number of nitrogens with zero attached hydrogens (tertiary/aromatic N) is 2. The van der Waals surface area contributed by atoms with Crippen molar-refractivity contribution in [3.8, 4) is 5.75 Å². The normalized spacial score (nSPS) is 14.9. The second kappa shape index (κ2) is 7.27. The first-order chi connectivity index (χ1) is 12.0. The molecule has 6 nitrogen and oxygen atoms in total. The lowest BCUT2D eigenvalue weighted by atomic mass is 10.0. The molecule has 25 heavy (non-hydrogen) atoms. The van der Waals surface area contributed by atoms with Crippen molar-refractivity contribution in [1.29, 1.82) is 0 Å². The highest BCUT2D eigenvalue weighted by molar-refractivity contribution is 5.94. The van der Waals surface area contributed by atoms with Gasteiger partial charge in [-0.05, 0) is 24.5 Å². The minimum atomic E-state index is -0.595. The molecule has 6 heteroatoms. The number of hydrogen-bond acceptors (Lipinski definition) is 4. The second-order valence-electron chi connectivity index (χ2n) is 6.77. The molecule has 2 heterocycles. The molecule has 1 unspecified atom stereocenters. The Bertz CT molecular complexity index is 767. The molecule has 1 aromatic carbocycles. The van der Waals surface area contributed by atoms with Gasteiger partial charge in [-0.1, -0.05) is 32.0 Å². The van der Waals surface area contributed by atoms with Gasteiger partial charge in [0.1, 0.15) is 11.6 Å². The first-order valence-corrected chi connectivity index (χ1v) is 8.79. The molecular weight excluding hydrogens is 316 g/mol. The van der Waals surface area contributed by atoms with Crippen LogP contribution in [0.1, 0.15) is 43.5 Å². The first-order valence-electron chi connectivity index (χ1n) is 8.79. The standard InChI is InChI=1S/C19H26N4O2/c1-12(2)14-7-5-6-8-17(14)25-13(3)19(24)21-18-15-11-20-10-9-16(15)22-23(18)4/h5-8,12-13,20H,9-11H2,1-4H3,(H,21,24). The zero-order valence-electron chi connectivity index (χ0n) is 15.3. The third-order valence-corrected chi connectivity index (χ3v) is 4.52. The molecule has 1 atom stereocenters. The van der Waals surface area contributed by atoms with E-state index in [1.54, 1.807) is 11.6 Å². The minimum Gasteiger partial charge on any atom is -0.481 e. The van der Waals surface area contributed by atoms with E-state index < -0.39 is 6.10 Å². The molecule has 134 valence electrons. The number of para-hydroxylation sites is 1. The molecule has 2 aromatic rings. The summed E-state index contributed by atoms with van der Waals surface area (Å²) >= 11 is 0. The highest BCUT2D eigenvalue weighted by Gasteiger charge is 2.23. The third kappa shape index (κ3) is 3.69. The molecule has 1 aliphatic rings. The van der Waals surface area contributed by atoms with Crippen LogP contribution in [0.4, 0.5) is 5.82 Å². The molecule has 0 spiro atoms. The van der Waals surface area contributed by atoms with Crippen molar-refractivity contribution in [2.75, 3.05) is 11.9 Å². The fraction of sp³-hybridized carbons (Fsp3) is 0.474. The van der Waals surface area contributed by atoms with E-state index >= 15 is 0 Å². The molecule has 2 N–H and O–H groups in total. The zero-order valence-corrected chi connectivity index (χ0v) is 15.3. The molecule has 1 aromatic heterocycles. The van der Waals surface area contributed by atoms with Crippen LogP contribution in [0.15, 0.2) is 24.3 Å². The molecule has 0 fully saturated rings. The summed E-state index contributed by atoms with van der Waals surface area (Å²) in [7, 11) is 1.85. The topological polar surface area (TPSA) is 68.2 Å². The van der Waals surface area contributed by atoms with Gasteiger partial charge in [0.2, 0.25) is 0 Å². The highest BCUT2D eigenvalue weighted by atomic mass is 16.5. The zero-order chi connectivity index (χ0) is 18.0. The largest absolute Gasteiger partial charge is 0.481 e. The number of hydrogen-bond donors (Lipinski definition) is 2. The molecule has 0 radical (unpaired) electrons. The van der Waals surface area contributed by atoms with E-state index in [-0.39, 0.29) is 5.91 Å². The fourth-order valence-corrected chi connectivity index (χ4v) is 3.11. The van der Waals surface area contributed by atoms with Crippen LogP contribution in [0.25, 0.3) is 0 Å². The van der Waals surface area contributed by atoms with Crippen molar-refractivity contribution >= 4 is 11.7 Å². The molecule has 1 aliphatic heterocycles. The minimum absolute atomic E-state index is 0.171. The quantitative estimate of drug-likeness (QED) is 0.876. The lowest BCUT2D eigenvalue weighted by molar-refractivity contribution is -0.122. The predicted octanol–water partition coefficient (Wildman–Crippen LogP) is 2.60. The number of carbonyl (C=O) groups excluding carboxylic acids is 1. The van der Waals surface area contributed by atoms with E-state index in [9.17, 15) is 4.79 Å². The van der Waals surface area contributed by atoms with Crippen LogP contribution in [0.3, 0.4) is 0 Å². The number of fused-ring (bicyclic) bond motifs is 1. The van der Waals surface area contributed by atoms with Crippen LogP contribution in [-0.4, -0.2) is 28.3 Å². The van der Waals surface area contributed by atoms with Crippen LogP contribution >= 0.6 is 0 Å². The number of aromatic nitrogens is 2. The number of aryl methyl sites for hydroxylation is 1. The maximum atomic E-state index is 12.6. The van der Waals surface area contributed by atoms with E-state index in [4.69, 9.17) is 4.74 Å². The monoisotopic (exact) mass is 342 g/mol. The molecule has 0 saturated carbocycles. The Morgan fingerprint density at radius 3 is 2.84 bits per heavy atom. The summed E-state index contributed by atoms with van der Waals surface area (Å²) in [5, 5.41) is 10.8. The fourth-order valence-electron chi connectivity index (χ4n) is 3.11. The molecule has 0 bridgehead atoms. The number of nitrogens with one attached hydrogen (secondary N) is 2. The summed E-state index contributed by atoms with van der Waals surface area (Å²) in [5.41, 5.74) is 3.22. The van der Waals surface area contributed by atoms with Gasteiger partial charge in [0, 0.05) is 32.1 Å². The number of amides is 1. The summed E-state index contributed by atoms with van der Waals surface area (Å²) in [5.74, 6) is 1.67. The second-order valence-corrected chi connectivity index (χ2v) is 6.77. The van der Waals surface area contributed by atoms with Gasteiger partial charge in [0.15, 0.2) is 6.10 Å². The van der Waals surface area contributed by atoms with Gasteiger partial charge < -0.3 is 15.4 Å². The Kier molecular flexibility index (Phi) is 5.08. The van der Waals surface area contributed by atoms with Crippen LogP contribution in [0.5, 0.6) is 5.75 Å². The van der Waals surface area contributed by atoms with Gasteiger partial charge in [0.25, 0.3) is 5.91 Å². The average molecular weight is 342 g/mol. The molecule has 0 saturated heterocycles. The van der Waals surface area contributed by atoms with Gasteiger partial charge >= 0.3 is 0 Å². The molecular formula is C19H26N4O2. The van der Waals surface area contributed by atoms with E-state index in [0.29, 0.717) is 5.92 Å². The SMILES string of the molecule is CC(Oc1ccccc1C(C)C)C(=O)Nc1c2c(nn1C)CCNC2. The summed E-state index contributed by atoms with van der Waals surface area (Å²) in [4.78, 5) is 12.6. The molecule has 1 amide bonds. The summed E-state index contributed by atoms with van der Waals surface area (Å²) in [6.45, 7) is 7.64. The lowest BCUT2D eigenvalue weighted by Gasteiger charge is -2.19. The summed E-state index contributed by atoms with van der Waals surface area (Å²) in [6.07, 6.45) is 0.286. The Labute approximate surface area is 148 Å². The Hall–Kier alpha value is -2.34. The van der Waals surface area contributed by atoms with Crippen LogP contribution in [-0.2, 0) is 24.8 Å². The van der Waals surface area contributed by atoms with E-state index in [1.807, 2.05) is 31.3 Å². The number of ether oxygens (including phenoxy) is 1. The number of anilines is 1. The number of carbonyl (C=O) groups is 1. The molecule has 0 aliphatic carbocycles. The van der Waals surface area contributed by atoms with E-state index in [1.165, 1.54) is 0 Å². The van der Waals surface area contributed by atoms with Gasteiger partial charge in [-0.2, -0.15) is 5.10 Å². The first kappa shape index (κ1) is 17.5. The summed E-state index contributed by atoms with van der Waals surface area (Å²) in [6, 6.07) is 7.86. The lowest BCUT2D eigenvalue weighted by Crippen LogP contribution is -2.32. The Balaban J connectivity index is 1.73. The third-order valence-electron chi connectivity index (χ3n) is 4.52.